The molecular formula is C13H16N4O. The maximum Gasteiger partial charge on any atom is 0.161 e. The molecule has 0 amide bonds. The van der Waals surface area contributed by atoms with E-state index in [4.69, 9.17) is 10.6 Å². The quantitative estimate of drug-likeness (QED) is 0.634. The van der Waals surface area contributed by atoms with Crippen LogP contribution in [0.25, 0.3) is 11.4 Å². The Kier molecular flexibility index (Phi) is 3.86. The largest absolute Gasteiger partial charge is 0.378 e. The van der Waals surface area contributed by atoms with Crippen LogP contribution in [0.3, 0.4) is 0 Å². The first-order valence-electron chi connectivity index (χ1n) is 5.63. The van der Waals surface area contributed by atoms with Crippen molar-refractivity contribution in [3.63, 3.8) is 0 Å². The number of hydrogen-bond donors (Lipinski definition) is 2. The lowest BCUT2D eigenvalue weighted by Crippen LogP contribution is -2.10. The molecule has 0 aliphatic heterocycles. The molecule has 0 aliphatic rings. The van der Waals surface area contributed by atoms with E-state index in [2.05, 4.69) is 15.4 Å². The topological polar surface area (TPSA) is 73.1 Å². The van der Waals surface area contributed by atoms with Crippen molar-refractivity contribution >= 4 is 5.82 Å². The monoisotopic (exact) mass is 244 g/mol. The molecule has 18 heavy (non-hydrogen) atoms. The van der Waals surface area contributed by atoms with Gasteiger partial charge in [-0.15, -0.1) is 0 Å². The van der Waals surface area contributed by atoms with Gasteiger partial charge in [-0.2, -0.15) is 0 Å². The van der Waals surface area contributed by atoms with Crippen LogP contribution in [0.4, 0.5) is 5.82 Å². The molecule has 1 aromatic heterocycles. The van der Waals surface area contributed by atoms with Gasteiger partial charge in [0, 0.05) is 18.7 Å². The Morgan fingerprint density at radius 2 is 1.94 bits per heavy atom. The molecule has 5 heteroatoms. The Hall–Kier alpha value is -1.98. The van der Waals surface area contributed by atoms with Crippen LogP contribution in [0.2, 0.25) is 0 Å². The molecule has 0 unspecified atom stereocenters. The summed E-state index contributed by atoms with van der Waals surface area (Å²) in [5, 5.41) is 0. The summed E-state index contributed by atoms with van der Waals surface area (Å²) >= 11 is 0. The van der Waals surface area contributed by atoms with E-state index < -0.39 is 0 Å². The lowest BCUT2D eigenvalue weighted by Gasteiger charge is -2.07. The molecule has 0 radical (unpaired) electrons. The van der Waals surface area contributed by atoms with Gasteiger partial charge in [0.25, 0.3) is 0 Å². The number of hydrogen-bond acceptors (Lipinski definition) is 5. The first-order valence-corrected chi connectivity index (χ1v) is 5.63. The standard InChI is InChI=1S/C13H16N4O/c1-9-3-5-10(6-4-9)13-15-11(8-18-2)7-12(16-13)17-14/h3-7H,8,14H2,1-2H3,(H,15,16,17). The van der Waals surface area contributed by atoms with E-state index in [1.54, 1.807) is 13.2 Å². The maximum absolute atomic E-state index is 5.40. The average molecular weight is 244 g/mol. The molecule has 5 nitrogen and oxygen atoms in total. The van der Waals surface area contributed by atoms with Crippen molar-refractivity contribution < 1.29 is 4.74 Å². The molecule has 94 valence electrons. The second-order valence-electron chi connectivity index (χ2n) is 4.01. The Morgan fingerprint density at radius 3 is 2.56 bits per heavy atom. The number of anilines is 1. The maximum atomic E-state index is 5.40. The third kappa shape index (κ3) is 2.82. The molecule has 0 bridgehead atoms. The lowest BCUT2D eigenvalue weighted by molar-refractivity contribution is 0.181. The highest BCUT2D eigenvalue weighted by atomic mass is 16.5. The van der Waals surface area contributed by atoms with Gasteiger partial charge in [-0.05, 0) is 6.92 Å². The van der Waals surface area contributed by atoms with Crippen molar-refractivity contribution in [2.24, 2.45) is 5.84 Å². The third-order valence-electron chi connectivity index (χ3n) is 2.53. The number of aromatic nitrogens is 2. The van der Waals surface area contributed by atoms with Crippen LogP contribution in [-0.2, 0) is 11.3 Å². The number of hydrazine groups is 1. The van der Waals surface area contributed by atoms with Gasteiger partial charge in [-0.3, -0.25) is 0 Å². The number of ether oxygens (including phenoxy) is 1. The fraction of sp³-hybridized carbons (Fsp3) is 0.231. The molecule has 0 fully saturated rings. The van der Waals surface area contributed by atoms with Crippen molar-refractivity contribution in [2.45, 2.75) is 13.5 Å². The summed E-state index contributed by atoms with van der Waals surface area (Å²) in [6, 6.07) is 9.79. The molecule has 2 rings (SSSR count). The van der Waals surface area contributed by atoms with E-state index in [1.807, 2.05) is 31.2 Å². The summed E-state index contributed by atoms with van der Waals surface area (Å²) in [5.74, 6) is 6.62. The van der Waals surface area contributed by atoms with Crippen molar-refractivity contribution in [3.05, 3.63) is 41.6 Å². The lowest BCUT2D eigenvalue weighted by atomic mass is 10.1. The smallest absolute Gasteiger partial charge is 0.161 e. The van der Waals surface area contributed by atoms with Gasteiger partial charge in [0.2, 0.25) is 0 Å². The number of nitrogens with two attached hydrogens (primary N) is 1. The summed E-state index contributed by atoms with van der Waals surface area (Å²) in [4.78, 5) is 8.77. The SMILES string of the molecule is COCc1cc(NN)nc(-c2ccc(C)cc2)n1. The number of methoxy groups -OCH3 is 1. The number of aryl methyl sites for hydroxylation is 1. The highest BCUT2D eigenvalue weighted by Gasteiger charge is 2.06. The molecule has 0 saturated heterocycles. The average Bonchev–Trinajstić information content (AvgIpc) is 2.39. The fourth-order valence-electron chi connectivity index (χ4n) is 1.62. The van der Waals surface area contributed by atoms with Gasteiger partial charge in [-0.25, -0.2) is 15.8 Å². The number of nitrogens with zero attached hydrogens (tertiary/aromatic N) is 2. The van der Waals surface area contributed by atoms with Gasteiger partial charge in [0.1, 0.15) is 5.82 Å². The minimum Gasteiger partial charge on any atom is -0.378 e. The first-order chi connectivity index (χ1) is 8.72. The number of nitrogens with one attached hydrogen (secondary N) is 1. The van der Waals surface area contributed by atoms with E-state index in [0.717, 1.165) is 11.3 Å². The first kappa shape index (κ1) is 12.5. The van der Waals surface area contributed by atoms with E-state index in [1.165, 1.54) is 5.56 Å². The van der Waals surface area contributed by atoms with Gasteiger partial charge in [0.15, 0.2) is 5.82 Å². The summed E-state index contributed by atoms with van der Waals surface area (Å²) in [5.41, 5.74) is 5.48. The predicted molar refractivity (Wildman–Crippen MR) is 70.7 cm³/mol. The predicted octanol–water partition coefficient (Wildman–Crippen LogP) is 1.88. The highest BCUT2D eigenvalue weighted by molar-refractivity contribution is 5.57. The van der Waals surface area contributed by atoms with E-state index in [-0.39, 0.29) is 0 Å². The van der Waals surface area contributed by atoms with Crippen LogP contribution in [0.5, 0.6) is 0 Å². The van der Waals surface area contributed by atoms with Gasteiger partial charge >= 0.3 is 0 Å². The normalized spacial score (nSPS) is 10.4. The second kappa shape index (κ2) is 5.57. The second-order valence-corrected chi connectivity index (χ2v) is 4.01. The molecule has 1 aromatic carbocycles. The van der Waals surface area contributed by atoms with Gasteiger partial charge in [0.05, 0.1) is 12.3 Å². The summed E-state index contributed by atoms with van der Waals surface area (Å²) in [6.07, 6.45) is 0. The van der Waals surface area contributed by atoms with E-state index >= 15 is 0 Å². The molecule has 0 aliphatic carbocycles. The fourth-order valence-corrected chi connectivity index (χ4v) is 1.62. The van der Waals surface area contributed by atoms with Crippen LogP contribution >= 0.6 is 0 Å². The zero-order valence-electron chi connectivity index (χ0n) is 10.5. The van der Waals surface area contributed by atoms with Crippen LogP contribution in [0.1, 0.15) is 11.3 Å². The molecular weight excluding hydrogens is 228 g/mol. The summed E-state index contributed by atoms with van der Waals surface area (Å²) < 4.78 is 5.08. The van der Waals surface area contributed by atoms with Gasteiger partial charge in [-0.1, -0.05) is 29.8 Å². The molecule has 0 spiro atoms. The van der Waals surface area contributed by atoms with Crippen LogP contribution < -0.4 is 11.3 Å². The van der Waals surface area contributed by atoms with Crippen molar-refractivity contribution in [1.82, 2.24) is 9.97 Å². The van der Waals surface area contributed by atoms with Crippen LogP contribution in [-0.4, -0.2) is 17.1 Å². The highest BCUT2D eigenvalue weighted by Crippen LogP contribution is 2.18. The number of nitrogen functional groups attached to an aromatic ring is 1. The van der Waals surface area contributed by atoms with Crippen molar-refractivity contribution in [1.29, 1.82) is 0 Å². The Labute approximate surface area is 106 Å². The van der Waals surface area contributed by atoms with E-state index in [9.17, 15) is 0 Å². The van der Waals surface area contributed by atoms with Gasteiger partial charge < -0.3 is 10.2 Å². The van der Waals surface area contributed by atoms with Crippen molar-refractivity contribution in [2.75, 3.05) is 12.5 Å². The molecule has 0 atom stereocenters. The molecule has 0 saturated carbocycles. The van der Waals surface area contributed by atoms with Crippen molar-refractivity contribution in [3.8, 4) is 11.4 Å². The molecule has 1 heterocycles. The Morgan fingerprint density at radius 1 is 1.22 bits per heavy atom. The van der Waals surface area contributed by atoms with Crippen LogP contribution in [0.15, 0.2) is 30.3 Å². The minimum absolute atomic E-state index is 0.427. The zero-order valence-corrected chi connectivity index (χ0v) is 10.5. The number of rotatable bonds is 4. The van der Waals surface area contributed by atoms with Crippen LogP contribution in [0, 0.1) is 6.92 Å². The Bertz CT molecular complexity index is 525. The summed E-state index contributed by atoms with van der Waals surface area (Å²) in [6.45, 7) is 2.47. The Balaban J connectivity index is 2.42. The minimum atomic E-state index is 0.427. The number of benzene rings is 1. The zero-order chi connectivity index (χ0) is 13.0. The molecule has 3 N–H and O–H groups in total. The molecule has 2 aromatic rings. The third-order valence-corrected chi connectivity index (χ3v) is 2.53. The summed E-state index contributed by atoms with van der Waals surface area (Å²) in [7, 11) is 1.63. The van der Waals surface area contributed by atoms with E-state index in [0.29, 0.717) is 18.2 Å².